The average molecular weight is 316 g/mol. The van der Waals surface area contributed by atoms with Crippen molar-refractivity contribution in [1.29, 1.82) is 0 Å². The summed E-state index contributed by atoms with van der Waals surface area (Å²) < 4.78 is 10.3. The molecule has 100 valence electrons. The first-order valence-corrected chi connectivity index (χ1v) is 6.71. The van der Waals surface area contributed by atoms with E-state index < -0.39 is 0 Å². The molecule has 0 radical (unpaired) electrons. The van der Waals surface area contributed by atoms with Gasteiger partial charge in [-0.2, -0.15) is 0 Å². The van der Waals surface area contributed by atoms with Crippen LogP contribution in [0.25, 0.3) is 0 Å². The second-order valence-electron chi connectivity index (χ2n) is 4.02. The van der Waals surface area contributed by atoms with Crippen molar-refractivity contribution in [2.24, 2.45) is 0 Å². The van der Waals surface area contributed by atoms with Gasteiger partial charge in [0.05, 0.1) is 14.2 Å². The summed E-state index contributed by atoms with van der Waals surface area (Å²) in [6.07, 6.45) is 0. The fourth-order valence-electron chi connectivity index (χ4n) is 1.44. The number of ether oxygens (including phenoxy) is 2. The second-order valence-corrected chi connectivity index (χ2v) is 4.67. The van der Waals surface area contributed by atoms with Gasteiger partial charge in [-0.25, -0.2) is 0 Å². The van der Waals surface area contributed by atoms with E-state index in [2.05, 4.69) is 15.9 Å². The number of hydrogen-bond donors (Lipinski definition) is 0. The molecule has 0 spiro atoms. The van der Waals surface area contributed by atoms with Crippen molar-refractivity contribution in [2.75, 3.05) is 26.6 Å². The van der Waals surface area contributed by atoms with Gasteiger partial charge in [-0.05, 0) is 19.1 Å². The number of methoxy groups -OCH3 is 2. The minimum Gasteiger partial charge on any atom is -0.497 e. The fourth-order valence-corrected chi connectivity index (χ4v) is 1.87. The number of halogens is 1. The molecule has 0 heterocycles. The molecule has 0 aliphatic heterocycles. The van der Waals surface area contributed by atoms with Crippen LogP contribution >= 0.6 is 15.9 Å². The Morgan fingerprint density at radius 2 is 1.78 bits per heavy atom. The van der Waals surface area contributed by atoms with E-state index in [-0.39, 0.29) is 11.9 Å². The zero-order valence-corrected chi connectivity index (χ0v) is 12.7. The third-order valence-electron chi connectivity index (χ3n) is 2.80. The Labute approximate surface area is 116 Å². The molecule has 0 saturated carbocycles. The number of alkyl halides is 1. The normalized spacial score (nSPS) is 11.8. The first-order chi connectivity index (χ1) is 8.53. The number of benzene rings is 1. The Hall–Kier alpha value is -1.23. The van der Waals surface area contributed by atoms with Crippen LogP contribution in [0.3, 0.4) is 0 Å². The Morgan fingerprint density at radius 3 is 2.17 bits per heavy atom. The smallest absolute Gasteiger partial charge is 0.254 e. The van der Waals surface area contributed by atoms with Crippen molar-refractivity contribution >= 4 is 21.8 Å². The number of nitrogens with zero attached hydrogens (tertiary/aromatic N) is 1. The lowest BCUT2D eigenvalue weighted by Crippen LogP contribution is -2.36. The molecular weight excluding hydrogens is 298 g/mol. The van der Waals surface area contributed by atoms with Crippen molar-refractivity contribution in [3.8, 4) is 11.5 Å². The van der Waals surface area contributed by atoms with Crippen molar-refractivity contribution in [3.05, 3.63) is 23.8 Å². The Kier molecular flexibility index (Phi) is 5.47. The fraction of sp³-hybridized carbons (Fsp3) is 0.462. The molecule has 1 rings (SSSR count). The highest BCUT2D eigenvalue weighted by Crippen LogP contribution is 2.23. The lowest BCUT2D eigenvalue weighted by molar-refractivity contribution is 0.0757. The molecule has 0 bridgehead atoms. The number of amides is 1. The average Bonchev–Trinajstić information content (AvgIpc) is 2.43. The van der Waals surface area contributed by atoms with Gasteiger partial charge in [-0.1, -0.05) is 15.9 Å². The molecule has 1 amide bonds. The summed E-state index contributed by atoms with van der Waals surface area (Å²) in [5.41, 5.74) is 0.557. The molecule has 4 nitrogen and oxygen atoms in total. The van der Waals surface area contributed by atoms with E-state index in [0.29, 0.717) is 17.1 Å². The van der Waals surface area contributed by atoms with Crippen molar-refractivity contribution in [1.82, 2.24) is 4.90 Å². The maximum Gasteiger partial charge on any atom is 0.254 e. The molecule has 0 aliphatic carbocycles. The highest BCUT2D eigenvalue weighted by molar-refractivity contribution is 9.09. The van der Waals surface area contributed by atoms with E-state index >= 15 is 0 Å². The van der Waals surface area contributed by atoms with Crippen LogP contribution in [0.5, 0.6) is 11.5 Å². The van der Waals surface area contributed by atoms with Gasteiger partial charge in [-0.15, -0.1) is 0 Å². The van der Waals surface area contributed by atoms with Gasteiger partial charge >= 0.3 is 0 Å². The summed E-state index contributed by atoms with van der Waals surface area (Å²) >= 11 is 3.37. The summed E-state index contributed by atoms with van der Waals surface area (Å²) in [6, 6.07) is 5.28. The topological polar surface area (TPSA) is 38.8 Å². The van der Waals surface area contributed by atoms with Crippen LogP contribution in [0, 0.1) is 0 Å². The second kappa shape index (κ2) is 6.64. The molecule has 1 aromatic carbocycles. The van der Waals surface area contributed by atoms with Crippen LogP contribution in [0.2, 0.25) is 0 Å². The molecule has 0 saturated heterocycles. The van der Waals surface area contributed by atoms with Crippen molar-refractivity contribution in [3.63, 3.8) is 0 Å². The standard InChI is InChI=1S/C13H18BrNO3/c1-9(8-14)15(2)13(16)10-5-11(17-3)7-12(6-10)18-4/h5-7,9H,8H2,1-4H3. The maximum absolute atomic E-state index is 12.3. The monoisotopic (exact) mass is 315 g/mol. The summed E-state index contributed by atoms with van der Waals surface area (Å²) in [6.45, 7) is 1.98. The highest BCUT2D eigenvalue weighted by Gasteiger charge is 2.18. The molecule has 1 atom stereocenters. The molecule has 0 fully saturated rings. The minimum absolute atomic E-state index is 0.0563. The van der Waals surface area contributed by atoms with Crippen LogP contribution < -0.4 is 9.47 Å². The molecule has 0 N–H and O–H groups in total. The first kappa shape index (κ1) is 14.8. The summed E-state index contributed by atoms with van der Waals surface area (Å²) in [4.78, 5) is 14.0. The lowest BCUT2D eigenvalue weighted by Gasteiger charge is -2.23. The van der Waals surface area contributed by atoms with Gasteiger partial charge in [0.15, 0.2) is 0 Å². The predicted molar refractivity (Wildman–Crippen MR) is 74.9 cm³/mol. The largest absolute Gasteiger partial charge is 0.497 e. The quantitative estimate of drug-likeness (QED) is 0.784. The molecule has 18 heavy (non-hydrogen) atoms. The third kappa shape index (κ3) is 3.38. The number of hydrogen-bond acceptors (Lipinski definition) is 3. The number of rotatable bonds is 5. The van der Waals surface area contributed by atoms with Crippen LogP contribution in [0.4, 0.5) is 0 Å². The highest BCUT2D eigenvalue weighted by atomic mass is 79.9. The predicted octanol–water partition coefficient (Wildman–Crippen LogP) is 2.56. The van der Waals surface area contributed by atoms with Gasteiger partial charge in [-0.3, -0.25) is 4.79 Å². The third-order valence-corrected chi connectivity index (χ3v) is 3.74. The van der Waals surface area contributed by atoms with E-state index in [4.69, 9.17) is 9.47 Å². The van der Waals surface area contributed by atoms with Crippen molar-refractivity contribution in [2.45, 2.75) is 13.0 Å². The summed E-state index contributed by atoms with van der Waals surface area (Å²) in [7, 11) is 4.90. The minimum atomic E-state index is -0.0563. The Bertz CT molecular complexity index is 400. The molecule has 0 aromatic heterocycles. The summed E-state index contributed by atoms with van der Waals surface area (Å²) in [5, 5.41) is 0.732. The van der Waals surface area contributed by atoms with E-state index in [9.17, 15) is 4.79 Å². The molecule has 1 unspecified atom stereocenters. The molecule has 1 aromatic rings. The van der Waals surface area contributed by atoms with E-state index in [0.717, 1.165) is 5.33 Å². The van der Waals surface area contributed by atoms with Gasteiger partial charge in [0.2, 0.25) is 0 Å². The van der Waals surface area contributed by atoms with E-state index in [1.165, 1.54) is 0 Å². The SMILES string of the molecule is COc1cc(OC)cc(C(=O)N(C)C(C)CBr)c1. The van der Waals surface area contributed by atoms with Gasteiger partial charge in [0, 0.05) is 30.0 Å². The van der Waals surface area contributed by atoms with Crippen LogP contribution in [0.15, 0.2) is 18.2 Å². The Morgan fingerprint density at radius 1 is 1.28 bits per heavy atom. The van der Waals surface area contributed by atoms with Crippen LogP contribution in [0.1, 0.15) is 17.3 Å². The first-order valence-electron chi connectivity index (χ1n) is 5.59. The lowest BCUT2D eigenvalue weighted by atomic mass is 10.1. The molecule has 5 heteroatoms. The number of carbonyl (C=O) groups excluding carboxylic acids is 1. The maximum atomic E-state index is 12.3. The van der Waals surface area contributed by atoms with E-state index in [1.807, 2.05) is 6.92 Å². The summed E-state index contributed by atoms with van der Waals surface area (Å²) in [5.74, 6) is 1.16. The van der Waals surface area contributed by atoms with Crippen LogP contribution in [-0.4, -0.2) is 43.4 Å². The van der Waals surface area contributed by atoms with Crippen molar-refractivity contribution < 1.29 is 14.3 Å². The van der Waals surface area contributed by atoms with Crippen LogP contribution in [-0.2, 0) is 0 Å². The van der Waals surface area contributed by atoms with Gasteiger partial charge < -0.3 is 14.4 Å². The van der Waals surface area contributed by atoms with Gasteiger partial charge in [0.25, 0.3) is 5.91 Å². The Balaban J connectivity index is 3.04. The van der Waals surface area contributed by atoms with Gasteiger partial charge in [0.1, 0.15) is 11.5 Å². The molecule has 0 aliphatic rings. The molecular formula is C13H18BrNO3. The number of carbonyl (C=O) groups is 1. The van der Waals surface area contributed by atoms with E-state index in [1.54, 1.807) is 44.4 Å². The zero-order chi connectivity index (χ0) is 13.7. The zero-order valence-electron chi connectivity index (χ0n) is 11.1.